The van der Waals surface area contributed by atoms with Crippen LogP contribution in [0.4, 0.5) is 0 Å². The Balaban J connectivity index is 1.91. The van der Waals surface area contributed by atoms with Crippen molar-refractivity contribution in [3.8, 4) is 0 Å². The molecule has 2 atom stereocenters. The number of fused-ring (bicyclic) bond motifs is 1. The third-order valence-electron chi connectivity index (χ3n) is 3.47. The van der Waals surface area contributed by atoms with Crippen molar-refractivity contribution < 1.29 is 9.53 Å². The van der Waals surface area contributed by atoms with Crippen LogP contribution in [0.1, 0.15) is 39.0 Å². The van der Waals surface area contributed by atoms with Gasteiger partial charge in [0.1, 0.15) is 0 Å². The molecule has 14 heavy (non-hydrogen) atoms. The van der Waals surface area contributed by atoms with Gasteiger partial charge in [-0.1, -0.05) is 12.0 Å². The average Bonchev–Trinajstić information content (AvgIpc) is 2.63. The Morgan fingerprint density at radius 3 is 2.64 bits per heavy atom. The fourth-order valence-electron chi connectivity index (χ4n) is 2.88. The Bertz CT molecular complexity index is 241. The molecule has 0 saturated heterocycles. The first-order chi connectivity index (χ1) is 6.79. The molecule has 2 nitrogen and oxygen atoms in total. The maximum atomic E-state index is 11.2. The molecule has 2 unspecified atom stereocenters. The van der Waals surface area contributed by atoms with Gasteiger partial charge in [0, 0.05) is 6.08 Å². The van der Waals surface area contributed by atoms with Gasteiger partial charge in [0.25, 0.3) is 0 Å². The monoisotopic (exact) mass is 194 g/mol. The molecule has 0 spiro atoms. The quantitative estimate of drug-likeness (QED) is 0.499. The fourth-order valence-corrected chi connectivity index (χ4v) is 2.88. The number of hydrogen-bond acceptors (Lipinski definition) is 2. The maximum Gasteiger partial charge on any atom is 0.330 e. The van der Waals surface area contributed by atoms with Gasteiger partial charge in [-0.2, -0.15) is 0 Å². The molecule has 2 aliphatic rings. The number of esters is 1. The van der Waals surface area contributed by atoms with Crippen LogP contribution in [0.5, 0.6) is 0 Å². The standard InChI is InChI=1S/C12H18O2/c1-2-14-12(13)8-9-6-10-4-3-5-11(10)7-9/h8,10-11H,2-7H2,1H3. The van der Waals surface area contributed by atoms with Gasteiger partial charge in [-0.15, -0.1) is 0 Å². The van der Waals surface area contributed by atoms with E-state index in [1.54, 1.807) is 6.08 Å². The van der Waals surface area contributed by atoms with Gasteiger partial charge in [-0.25, -0.2) is 4.79 Å². The van der Waals surface area contributed by atoms with Crippen LogP contribution < -0.4 is 0 Å². The lowest BCUT2D eigenvalue weighted by atomic mass is 10.0. The van der Waals surface area contributed by atoms with Gasteiger partial charge in [-0.3, -0.25) is 0 Å². The molecule has 2 fully saturated rings. The van der Waals surface area contributed by atoms with Gasteiger partial charge in [-0.05, 0) is 44.4 Å². The molecule has 78 valence electrons. The van der Waals surface area contributed by atoms with Crippen molar-refractivity contribution in [2.24, 2.45) is 11.8 Å². The summed E-state index contributed by atoms with van der Waals surface area (Å²) in [5.41, 5.74) is 1.32. The van der Waals surface area contributed by atoms with Crippen LogP contribution in [0.2, 0.25) is 0 Å². The summed E-state index contributed by atoms with van der Waals surface area (Å²) in [6, 6.07) is 0. The van der Waals surface area contributed by atoms with Crippen LogP contribution >= 0.6 is 0 Å². The van der Waals surface area contributed by atoms with Crippen molar-refractivity contribution in [1.29, 1.82) is 0 Å². The summed E-state index contributed by atoms with van der Waals surface area (Å²) in [5.74, 6) is 1.59. The second-order valence-electron chi connectivity index (χ2n) is 4.41. The van der Waals surface area contributed by atoms with Gasteiger partial charge in [0.05, 0.1) is 6.61 Å². The van der Waals surface area contributed by atoms with Crippen LogP contribution in [-0.4, -0.2) is 12.6 Å². The second-order valence-corrected chi connectivity index (χ2v) is 4.41. The van der Waals surface area contributed by atoms with Crippen LogP contribution in [0.25, 0.3) is 0 Å². The number of hydrogen-bond donors (Lipinski definition) is 0. The fraction of sp³-hybridized carbons (Fsp3) is 0.750. The lowest BCUT2D eigenvalue weighted by Gasteiger charge is -2.04. The Labute approximate surface area is 85.3 Å². The van der Waals surface area contributed by atoms with Crippen LogP contribution in [-0.2, 0) is 9.53 Å². The van der Waals surface area contributed by atoms with E-state index in [1.807, 2.05) is 6.92 Å². The van der Waals surface area contributed by atoms with Crippen molar-refractivity contribution in [3.05, 3.63) is 11.6 Å². The Morgan fingerprint density at radius 1 is 1.43 bits per heavy atom. The second kappa shape index (κ2) is 4.16. The molecule has 2 heteroatoms. The lowest BCUT2D eigenvalue weighted by Crippen LogP contribution is -2.00. The molecule has 0 N–H and O–H groups in total. The predicted octanol–water partition coefficient (Wildman–Crippen LogP) is 2.69. The third kappa shape index (κ3) is 1.99. The van der Waals surface area contributed by atoms with E-state index < -0.39 is 0 Å². The molecule has 0 aromatic rings. The molecule has 2 rings (SSSR count). The summed E-state index contributed by atoms with van der Waals surface area (Å²) in [4.78, 5) is 11.2. The van der Waals surface area contributed by atoms with Gasteiger partial charge in [0.15, 0.2) is 0 Å². The molecule has 0 amide bonds. The van der Waals surface area contributed by atoms with E-state index in [2.05, 4.69) is 0 Å². The van der Waals surface area contributed by atoms with Crippen LogP contribution in [0.3, 0.4) is 0 Å². The first-order valence-corrected chi connectivity index (χ1v) is 5.65. The summed E-state index contributed by atoms with van der Waals surface area (Å²) in [5, 5.41) is 0. The van der Waals surface area contributed by atoms with Crippen LogP contribution in [0, 0.1) is 11.8 Å². The molecule has 0 bridgehead atoms. The topological polar surface area (TPSA) is 26.3 Å². The van der Waals surface area contributed by atoms with Gasteiger partial charge < -0.3 is 4.74 Å². The number of allylic oxidation sites excluding steroid dienone is 1. The summed E-state index contributed by atoms with van der Waals surface area (Å²) in [6.07, 6.45) is 8.13. The SMILES string of the molecule is CCOC(=O)C=C1CC2CCCC2C1. The molecule has 2 saturated carbocycles. The number of carbonyl (C=O) groups excluding carboxylic acids is 1. The van der Waals surface area contributed by atoms with E-state index in [-0.39, 0.29) is 5.97 Å². The number of carbonyl (C=O) groups is 1. The summed E-state index contributed by atoms with van der Waals surface area (Å²) >= 11 is 0. The largest absolute Gasteiger partial charge is 0.463 e. The van der Waals surface area contributed by atoms with Crippen molar-refractivity contribution in [3.63, 3.8) is 0 Å². The zero-order chi connectivity index (χ0) is 9.97. The normalized spacial score (nSPS) is 30.2. The zero-order valence-electron chi connectivity index (χ0n) is 8.79. The van der Waals surface area contributed by atoms with Crippen molar-refractivity contribution in [2.75, 3.05) is 6.61 Å². The van der Waals surface area contributed by atoms with Gasteiger partial charge in [0.2, 0.25) is 0 Å². The molecule has 2 aliphatic carbocycles. The van der Waals surface area contributed by atoms with Gasteiger partial charge >= 0.3 is 5.97 Å². The highest BCUT2D eigenvalue weighted by Crippen LogP contribution is 2.46. The minimum absolute atomic E-state index is 0.150. The van der Waals surface area contributed by atoms with E-state index >= 15 is 0 Å². The average molecular weight is 194 g/mol. The molecule has 0 aromatic carbocycles. The van der Waals surface area contributed by atoms with E-state index in [1.165, 1.54) is 24.8 Å². The Hall–Kier alpha value is -0.790. The van der Waals surface area contributed by atoms with E-state index in [0.717, 1.165) is 24.7 Å². The molecule has 0 heterocycles. The van der Waals surface area contributed by atoms with E-state index in [4.69, 9.17) is 4.74 Å². The van der Waals surface area contributed by atoms with Crippen LogP contribution in [0.15, 0.2) is 11.6 Å². The minimum atomic E-state index is -0.150. The highest BCUT2D eigenvalue weighted by atomic mass is 16.5. The molecule has 0 radical (unpaired) electrons. The van der Waals surface area contributed by atoms with E-state index in [0.29, 0.717) is 6.61 Å². The first kappa shape index (κ1) is 9.75. The molecular weight excluding hydrogens is 176 g/mol. The Morgan fingerprint density at radius 2 is 2.07 bits per heavy atom. The zero-order valence-corrected chi connectivity index (χ0v) is 8.79. The van der Waals surface area contributed by atoms with Crippen molar-refractivity contribution >= 4 is 5.97 Å². The predicted molar refractivity (Wildman–Crippen MR) is 54.8 cm³/mol. The summed E-state index contributed by atoms with van der Waals surface area (Å²) < 4.78 is 4.91. The minimum Gasteiger partial charge on any atom is -0.463 e. The highest BCUT2D eigenvalue weighted by Gasteiger charge is 2.34. The number of rotatable bonds is 2. The molecular formula is C12H18O2. The van der Waals surface area contributed by atoms with Crippen molar-refractivity contribution in [1.82, 2.24) is 0 Å². The maximum absolute atomic E-state index is 11.2. The van der Waals surface area contributed by atoms with Crippen molar-refractivity contribution in [2.45, 2.75) is 39.0 Å². The Kier molecular flexibility index (Phi) is 2.90. The summed E-state index contributed by atoms with van der Waals surface area (Å²) in [7, 11) is 0. The molecule has 0 aliphatic heterocycles. The highest BCUT2D eigenvalue weighted by molar-refractivity contribution is 5.82. The lowest BCUT2D eigenvalue weighted by molar-refractivity contribution is -0.137. The number of ether oxygens (including phenoxy) is 1. The summed E-state index contributed by atoms with van der Waals surface area (Å²) in [6.45, 7) is 2.33. The first-order valence-electron chi connectivity index (χ1n) is 5.65. The smallest absolute Gasteiger partial charge is 0.330 e. The third-order valence-corrected chi connectivity index (χ3v) is 3.47. The van der Waals surface area contributed by atoms with E-state index in [9.17, 15) is 4.79 Å². The molecule has 0 aromatic heterocycles.